The first-order chi connectivity index (χ1) is 13.6. The topological polar surface area (TPSA) is 64.3 Å². The molecule has 2 heterocycles. The maximum Gasteiger partial charge on any atom is 0.272 e. The van der Waals surface area contributed by atoms with Gasteiger partial charge in [0.25, 0.3) is 5.56 Å². The van der Waals surface area contributed by atoms with Crippen molar-refractivity contribution in [1.29, 1.82) is 0 Å². The van der Waals surface area contributed by atoms with Crippen molar-refractivity contribution in [3.8, 4) is 17.0 Å². The van der Waals surface area contributed by atoms with E-state index in [9.17, 15) is 9.90 Å². The van der Waals surface area contributed by atoms with E-state index in [1.165, 1.54) is 4.68 Å². The smallest absolute Gasteiger partial charge is 0.272 e. The van der Waals surface area contributed by atoms with E-state index in [1.54, 1.807) is 6.07 Å². The Kier molecular flexibility index (Phi) is 5.28. The summed E-state index contributed by atoms with van der Waals surface area (Å²) in [7, 11) is 0. The highest BCUT2D eigenvalue weighted by atomic mass is 35.5. The maximum absolute atomic E-state index is 12.5. The highest BCUT2D eigenvalue weighted by molar-refractivity contribution is 6.30. The first-order valence-corrected chi connectivity index (χ1v) is 9.42. The first kappa shape index (κ1) is 18.5. The largest absolute Gasteiger partial charge is 0.493 e. The second kappa shape index (κ2) is 8.00. The molecule has 1 aliphatic rings. The Morgan fingerprint density at radius 2 is 2.00 bits per heavy atom. The minimum Gasteiger partial charge on any atom is -0.493 e. The molecule has 0 bridgehead atoms. The van der Waals surface area contributed by atoms with E-state index in [-0.39, 0.29) is 12.2 Å². The summed E-state index contributed by atoms with van der Waals surface area (Å²) in [4.78, 5) is 12.5. The molecule has 1 aromatic heterocycles. The Morgan fingerprint density at radius 1 is 1.18 bits per heavy atom. The molecule has 4 rings (SSSR count). The zero-order valence-corrected chi connectivity index (χ0v) is 15.9. The lowest BCUT2D eigenvalue weighted by Crippen LogP contribution is -2.26. The molecule has 2 aromatic carbocycles. The van der Waals surface area contributed by atoms with Gasteiger partial charge >= 0.3 is 0 Å². The highest BCUT2D eigenvalue weighted by Crippen LogP contribution is 2.29. The van der Waals surface area contributed by atoms with Crippen LogP contribution in [0.1, 0.15) is 16.7 Å². The van der Waals surface area contributed by atoms with E-state index in [2.05, 4.69) is 5.10 Å². The number of halogens is 1. The Labute approximate surface area is 167 Å². The van der Waals surface area contributed by atoms with Crippen molar-refractivity contribution in [2.24, 2.45) is 0 Å². The van der Waals surface area contributed by atoms with Gasteiger partial charge in [-0.1, -0.05) is 35.9 Å². The molecule has 1 aliphatic heterocycles. The van der Waals surface area contributed by atoms with E-state index in [4.69, 9.17) is 16.3 Å². The van der Waals surface area contributed by atoms with Crippen LogP contribution in [0.4, 0.5) is 0 Å². The number of fused-ring (bicyclic) bond motifs is 1. The second-order valence-corrected chi connectivity index (χ2v) is 7.01. The lowest BCUT2D eigenvalue weighted by molar-refractivity contribution is 0.278. The number of aliphatic hydroxyl groups excluding tert-OH is 1. The number of nitrogens with zero attached hydrogens (tertiary/aromatic N) is 2. The number of hydrogen-bond donors (Lipinski definition) is 1. The fraction of sp³-hybridized carbons (Fsp3) is 0.182. The summed E-state index contributed by atoms with van der Waals surface area (Å²) < 4.78 is 6.92. The standard InChI is InChI=1S/C22H19ClN2O3/c23-19-6-3-15(4-7-19)2-1-10-25-22(27)18(14-26)13-20(24-25)16-5-8-21-17(12-16)9-11-28-21/h1-8,12-13,26H,9-11,14H2. The molecule has 28 heavy (non-hydrogen) atoms. The molecule has 1 N–H and O–H groups in total. The quantitative estimate of drug-likeness (QED) is 0.716. The van der Waals surface area contributed by atoms with Gasteiger partial charge in [-0.25, -0.2) is 4.68 Å². The summed E-state index contributed by atoms with van der Waals surface area (Å²) in [5.41, 5.74) is 3.69. The van der Waals surface area contributed by atoms with Crippen LogP contribution in [0.25, 0.3) is 17.3 Å². The number of allylic oxidation sites excluding steroid dienone is 1. The van der Waals surface area contributed by atoms with Crippen LogP contribution in [0.3, 0.4) is 0 Å². The number of ether oxygens (including phenoxy) is 1. The summed E-state index contributed by atoms with van der Waals surface area (Å²) >= 11 is 5.90. The molecule has 3 aromatic rings. The fourth-order valence-electron chi connectivity index (χ4n) is 3.18. The van der Waals surface area contributed by atoms with Crippen molar-refractivity contribution >= 4 is 17.7 Å². The maximum atomic E-state index is 12.5. The van der Waals surface area contributed by atoms with Crippen LogP contribution in [-0.4, -0.2) is 21.5 Å². The molecule has 0 fully saturated rings. The van der Waals surface area contributed by atoms with Crippen molar-refractivity contribution in [1.82, 2.24) is 9.78 Å². The van der Waals surface area contributed by atoms with Crippen molar-refractivity contribution < 1.29 is 9.84 Å². The summed E-state index contributed by atoms with van der Waals surface area (Å²) in [6, 6.07) is 15.0. The molecule has 6 heteroatoms. The van der Waals surface area contributed by atoms with Gasteiger partial charge in [-0.05, 0) is 47.5 Å². The predicted molar refractivity (Wildman–Crippen MR) is 110 cm³/mol. The Balaban J connectivity index is 1.64. The normalized spacial score (nSPS) is 12.9. The molecule has 0 saturated carbocycles. The molecular formula is C22H19ClN2O3. The highest BCUT2D eigenvalue weighted by Gasteiger charge is 2.15. The van der Waals surface area contributed by atoms with E-state index in [0.29, 0.717) is 29.4 Å². The minimum atomic E-state index is -0.330. The number of rotatable bonds is 5. The van der Waals surface area contributed by atoms with Gasteiger partial charge in [-0.3, -0.25) is 4.79 Å². The average Bonchev–Trinajstić information content (AvgIpc) is 3.18. The Hall–Kier alpha value is -2.89. The lowest BCUT2D eigenvalue weighted by atomic mass is 10.1. The summed E-state index contributed by atoms with van der Waals surface area (Å²) in [5.74, 6) is 0.894. The van der Waals surface area contributed by atoms with E-state index >= 15 is 0 Å². The number of aliphatic hydroxyl groups is 1. The Morgan fingerprint density at radius 3 is 2.79 bits per heavy atom. The van der Waals surface area contributed by atoms with Crippen molar-refractivity contribution in [3.05, 3.63) is 86.7 Å². The molecule has 0 amide bonds. The number of benzene rings is 2. The van der Waals surface area contributed by atoms with Gasteiger partial charge in [-0.2, -0.15) is 5.10 Å². The lowest BCUT2D eigenvalue weighted by Gasteiger charge is -2.09. The zero-order chi connectivity index (χ0) is 19.5. The fourth-order valence-corrected chi connectivity index (χ4v) is 3.31. The van der Waals surface area contributed by atoms with Gasteiger partial charge < -0.3 is 9.84 Å². The third-order valence-corrected chi connectivity index (χ3v) is 4.91. The predicted octanol–water partition coefficient (Wildman–Crippen LogP) is 3.70. The van der Waals surface area contributed by atoms with Gasteiger partial charge in [0.05, 0.1) is 25.5 Å². The molecular weight excluding hydrogens is 376 g/mol. The SMILES string of the molecule is O=c1c(CO)cc(-c2ccc3c(c2)CCO3)nn1CC=Cc1ccc(Cl)cc1. The van der Waals surface area contributed by atoms with E-state index < -0.39 is 0 Å². The van der Waals surface area contributed by atoms with Gasteiger partial charge in [0.15, 0.2) is 0 Å². The van der Waals surface area contributed by atoms with Crippen LogP contribution < -0.4 is 10.3 Å². The van der Waals surface area contributed by atoms with Crippen LogP contribution in [-0.2, 0) is 19.6 Å². The molecule has 0 aliphatic carbocycles. The van der Waals surface area contributed by atoms with Crippen LogP contribution in [0.15, 0.2) is 59.4 Å². The van der Waals surface area contributed by atoms with Gasteiger partial charge in [-0.15, -0.1) is 0 Å². The van der Waals surface area contributed by atoms with Crippen molar-refractivity contribution in [2.75, 3.05) is 6.61 Å². The van der Waals surface area contributed by atoms with Crippen molar-refractivity contribution in [3.63, 3.8) is 0 Å². The first-order valence-electron chi connectivity index (χ1n) is 9.04. The number of aromatic nitrogens is 2. The summed E-state index contributed by atoms with van der Waals surface area (Å²) in [6.07, 6.45) is 4.63. The van der Waals surface area contributed by atoms with Crippen LogP contribution in [0, 0.1) is 0 Å². The van der Waals surface area contributed by atoms with Gasteiger partial charge in [0.2, 0.25) is 0 Å². The van der Waals surface area contributed by atoms with E-state index in [0.717, 1.165) is 28.9 Å². The molecule has 5 nitrogen and oxygen atoms in total. The monoisotopic (exact) mass is 394 g/mol. The van der Waals surface area contributed by atoms with Crippen molar-refractivity contribution in [2.45, 2.75) is 19.6 Å². The van der Waals surface area contributed by atoms with Crippen LogP contribution in [0.5, 0.6) is 5.75 Å². The molecule has 0 saturated heterocycles. The molecule has 0 spiro atoms. The number of hydrogen-bond acceptors (Lipinski definition) is 4. The zero-order valence-electron chi connectivity index (χ0n) is 15.1. The molecule has 0 unspecified atom stereocenters. The van der Waals surface area contributed by atoms with Gasteiger partial charge in [0, 0.05) is 22.6 Å². The Bertz CT molecular complexity index is 1090. The van der Waals surface area contributed by atoms with Gasteiger partial charge in [0.1, 0.15) is 5.75 Å². The molecule has 142 valence electrons. The minimum absolute atomic E-state index is 0.295. The average molecular weight is 395 g/mol. The summed E-state index contributed by atoms with van der Waals surface area (Å²) in [5, 5.41) is 14.8. The third kappa shape index (κ3) is 3.86. The molecule has 0 atom stereocenters. The third-order valence-electron chi connectivity index (χ3n) is 4.66. The second-order valence-electron chi connectivity index (χ2n) is 6.58. The summed E-state index contributed by atoms with van der Waals surface area (Å²) in [6.45, 7) is 0.656. The molecule has 0 radical (unpaired) electrons. The van der Waals surface area contributed by atoms with E-state index in [1.807, 2.05) is 54.6 Å². The van der Waals surface area contributed by atoms with Crippen LogP contribution >= 0.6 is 11.6 Å². The van der Waals surface area contributed by atoms with Crippen LogP contribution in [0.2, 0.25) is 5.02 Å².